The van der Waals surface area contributed by atoms with Crippen molar-refractivity contribution in [3.05, 3.63) is 48.4 Å². The number of aldehydes is 1. The Bertz CT molecular complexity index is 457. The van der Waals surface area contributed by atoms with Crippen LogP contribution in [0.15, 0.2) is 42.7 Å². The molecule has 0 radical (unpaired) electrons. The fourth-order valence-electron chi connectivity index (χ4n) is 1.08. The number of aromatic nitrogens is 2. The number of ether oxygens (including phenoxy) is 1. The van der Waals surface area contributed by atoms with Crippen LogP contribution in [-0.4, -0.2) is 16.3 Å². The Morgan fingerprint density at radius 1 is 1.20 bits per heavy atom. The minimum absolute atomic E-state index is 0.344. The van der Waals surface area contributed by atoms with E-state index in [0.29, 0.717) is 23.6 Å². The molecule has 4 nitrogen and oxygen atoms in total. The Hall–Kier alpha value is -2.23. The zero-order valence-corrected chi connectivity index (χ0v) is 7.83. The van der Waals surface area contributed by atoms with E-state index in [-0.39, 0.29) is 0 Å². The molecule has 0 N–H and O–H groups in total. The van der Waals surface area contributed by atoms with Crippen molar-refractivity contribution in [1.82, 2.24) is 9.97 Å². The lowest BCUT2D eigenvalue weighted by Gasteiger charge is -2.03. The van der Waals surface area contributed by atoms with E-state index in [0.717, 1.165) is 0 Å². The van der Waals surface area contributed by atoms with Crippen molar-refractivity contribution in [2.45, 2.75) is 0 Å². The summed E-state index contributed by atoms with van der Waals surface area (Å²) < 4.78 is 5.39. The quantitative estimate of drug-likeness (QED) is 0.712. The third-order valence-electron chi connectivity index (χ3n) is 1.72. The molecule has 2 aromatic rings. The summed E-state index contributed by atoms with van der Waals surface area (Å²) in [6.45, 7) is 0. The molecule has 0 amide bonds. The fourth-order valence-corrected chi connectivity index (χ4v) is 1.08. The van der Waals surface area contributed by atoms with E-state index in [1.54, 1.807) is 42.7 Å². The average molecular weight is 200 g/mol. The molecule has 2 rings (SSSR count). The number of carbonyl (C=O) groups excluding carboxylic acids is 1. The summed E-state index contributed by atoms with van der Waals surface area (Å²) in [6.07, 6.45) is 3.91. The van der Waals surface area contributed by atoms with Crippen molar-refractivity contribution < 1.29 is 9.53 Å². The van der Waals surface area contributed by atoms with Gasteiger partial charge in [-0.15, -0.1) is 0 Å². The van der Waals surface area contributed by atoms with Crippen LogP contribution < -0.4 is 4.74 Å². The highest BCUT2D eigenvalue weighted by atomic mass is 16.5. The summed E-state index contributed by atoms with van der Waals surface area (Å²) in [4.78, 5) is 18.4. The molecule has 0 saturated carbocycles. The first kappa shape index (κ1) is 9.33. The maximum absolute atomic E-state index is 10.5. The molecule has 0 aliphatic carbocycles. The lowest BCUT2D eigenvalue weighted by Crippen LogP contribution is -1.91. The molecule has 0 bridgehead atoms. The fraction of sp³-hybridized carbons (Fsp3) is 0. The molecule has 74 valence electrons. The third kappa shape index (κ3) is 2.37. The predicted octanol–water partition coefficient (Wildman–Crippen LogP) is 2.08. The molecular formula is C11H8N2O2. The maximum atomic E-state index is 10.5. The molecule has 0 saturated heterocycles. The van der Waals surface area contributed by atoms with Crippen LogP contribution in [-0.2, 0) is 0 Å². The van der Waals surface area contributed by atoms with Crippen molar-refractivity contribution in [2.24, 2.45) is 0 Å². The van der Waals surface area contributed by atoms with Gasteiger partial charge in [0.15, 0.2) is 6.29 Å². The topological polar surface area (TPSA) is 52.1 Å². The smallest absolute Gasteiger partial charge is 0.219 e. The van der Waals surface area contributed by atoms with E-state index in [1.807, 2.05) is 0 Å². The third-order valence-corrected chi connectivity index (χ3v) is 1.72. The molecule has 0 spiro atoms. The number of nitrogens with zero attached hydrogens (tertiary/aromatic N) is 2. The van der Waals surface area contributed by atoms with E-state index in [1.165, 1.54) is 0 Å². The van der Waals surface area contributed by atoms with E-state index < -0.39 is 0 Å². The molecule has 0 aliphatic rings. The van der Waals surface area contributed by atoms with Crippen LogP contribution in [0.25, 0.3) is 0 Å². The highest BCUT2D eigenvalue weighted by molar-refractivity contribution is 5.71. The minimum atomic E-state index is 0.344. The SMILES string of the molecule is O=Cc1cccc(Oc2cccnc2)n1. The Balaban J connectivity index is 2.21. The lowest BCUT2D eigenvalue weighted by molar-refractivity contribution is 0.111. The Morgan fingerprint density at radius 3 is 2.87 bits per heavy atom. The summed E-state index contributed by atoms with van der Waals surface area (Å²) in [5.74, 6) is 0.973. The van der Waals surface area contributed by atoms with Crippen LogP contribution in [0.1, 0.15) is 10.5 Å². The summed E-state index contributed by atoms with van der Waals surface area (Å²) in [7, 11) is 0. The Morgan fingerprint density at radius 2 is 2.13 bits per heavy atom. The number of hydrogen-bond donors (Lipinski definition) is 0. The van der Waals surface area contributed by atoms with Gasteiger partial charge in [0.05, 0.1) is 6.20 Å². The van der Waals surface area contributed by atoms with Gasteiger partial charge in [-0.1, -0.05) is 6.07 Å². The van der Waals surface area contributed by atoms with Gasteiger partial charge >= 0.3 is 0 Å². The molecular weight excluding hydrogens is 192 g/mol. The van der Waals surface area contributed by atoms with Gasteiger partial charge < -0.3 is 4.74 Å². The second kappa shape index (κ2) is 4.32. The largest absolute Gasteiger partial charge is 0.437 e. The average Bonchev–Trinajstić information content (AvgIpc) is 2.31. The van der Waals surface area contributed by atoms with Crippen molar-refractivity contribution in [3.63, 3.8) is 0 Å². The Kier molecular flexibility index (Phi) is 2.69. The van der Waals surface area contributed by atoms with Crippen molar-refractivity contribution in [3.8, 4) is 11.6 Å². The van der Waals surface area contributed by atoms with Gasteiger partial charge in [0.1, 0.15) is 11.4 Å². The van der Waals surface area contributed by atoms with Crippen LogP contribution in [0.5, 0.6) is 11.6 Å². The van der Waals surface area contributed by atoms with Crippen LogP contribution in [0.4, 0.5) is 0 Å². The monoisotopic (exact) mass is 200 g/mol. The van der Waals surface area contributed by atoms with E-state index in [9.17, 15) is 4.79 Å². The Labute approximate surface area is 86.6 Å². The summed E-state index contributed by atoms with van der Waals surface area (Å²) >= 11 is 0. The van der Waals surface area contributed by atoms with E-state index in [4.69, 9.17) is 4.74 Å². The first-order valence-corrected chi connectivity index (χ1v) is 4.38. The molecule has 4 heteroatoms. The summed E-state index contributed by atoms with van der Waals surface area (Å²) in [5, 5.41) is 0. The number of carbonyl (C=O) groups is 1. The van der Waals surface area contributed by atoms with Gasteiger partial charge in [0, 0.05) is 12.3 Å². The molecule has 0 unspecified atom stereocenters. The zero-order chi connectivity index (χ0) is 10.5. The molecule has 0 atom stereocenters. The predicted molar refractivity (Wildman–Crippen MR) is 53.9 cm³/mol. The van der Waals surface area contributed by atoms with Gasteiger partial charge in [-0.05, 0) is 18.2 Å². The standard InChI is InChI=1S/C11H8N2O2/c14-8-9-3-1-5-11(13-9)15-10-4-2-6-12-7-10/h1-8H. The second-order valence-electron chi connectivity index (χ2n) is 2.81. The summed E-state index contributed by atoms with van der Waals surface area (Å²) in [6, 6.07) is 8.53. The van der Waals surface area contributed by atoms with Crippen LogP contribution >= 0.6 is 0 Å². The van der Waals surface area contributed by atoms with Crippen LogP contribution in [0, 0.1) is 0 Å². The van der Waals surface area contributed by atoms with Crippen molar-refractivity contribution >= 4 is 6.29 Å². The molecule has 2 aromatic heterocycles. The molecule has 0 fully saturated rings. The van der Waals surface area contributed by atoms with Crippen molar-refractivity contribution in [2.75, 3.05) is 0 Å². The first-order chi connectivity index (χ1) is 7.38. The molecule has 2 heterocycles. The minimum Gasteiger partial charge on any atom is -0.437 e. The number of rotatable bonds is 3. The maximum Gasteiger partial charge on any atom is 0.219 e. The van der Waals surface area contributed by atoms with Gasteiger partial charge in [0.25, 0.3) is 0 Å². The van der Waals surface area contributed by atoms with Gasteiger partial charge in [-0.2, -0.15) is 0 Å². The second-order valence-corrected chi connectivity index (χ2v) is 2.81. The molecule has 0 aromatic carbocycles. The molecule has 15 heavy (non-hydrogen) atoms. The van der Waals surface area contributed by atoms with Gasteiger partial charge in [-0.3, -0.25) is 9.78 Å². The van der Waals surface area contributed by atoms with Crippen molar-refractivity contribution in [1.29, 1.82) is 0 Å². The highest BCUT2D eigenvalue weighted by Gasteiger charge is 1.99. The zero-order valence-electron chi connectivity index (χ0n) is 7.83. The normalized spacial score (nSPS) is 9.60. The highest BCUT2D eigenvalue weighted by Crippen LogP contribution is 2.17. The van der Waals surface area contributed by atoms with Crippen LogP contribution in [0.3, 0.4) is 0 Å². The van der Waals surface area contributed by atoms with E-state index >= 15 is 0 Å². The number of pyridine rings is 2. The molecule has 0 aliphatic heterocycles. The lowest BCUT2D eigenvalue weighted by atomic mass is 10.4. The van der Waals surface area contributed by atoms with Crippen LogP contribution in [0.2, 0.25) is 0 Å². The van der Waals surface area contributed by atoms with E-state index in [2.05, 4.69) is 9.97 Å². The first-order valence-electron chi connectivity index (χ1n) is 4.38. The van der Waals surface area contributed by atoms with Gasteiger partial charge in [-0.25, -0.2) is 4.98 Å². The summed E-state index contributed by atoms with van der Waals surface area (Å²) in [5.41, 5.74) is 0.344. The van der Waals surface area contributed by atoms with Gasteiger partial charge in [0.2, 0.25) is 5.88 Å². The number of hydrogen-bond acceptors (Lipinski definition) is 4.